The Balaban J connectivity index is 2.16. The first-order valence-corrected chi connectivity index (χ1v) is 6.59. The van der Waals surface area contributed by atoms with Crippen LogP contribution in [0.25, 0.3) is 0 Å². The number of rotatable bonds is 1. The highest BCUT2D eigenvalue weighted by atomic mass is 16.6. The Hall–Kier alpha value is -1.55. The summed E-state index contributed by atoms with van der Waals surface area (Å²) in [5.74, 6) is 0. The molecule has 2 rings (SSSR count). The maximum atomic E-state index is 12.2. The molecule has 0 bridgehead atoms. The van der Waals surface area contributed by atoms with Crippen LogP contribution in [0.2, 0.25) is 0 Å². The number of aliphatic hydroxyl groups excluding tert-OH is 1. The maximum absolute atomic E-state index is 12.2. The van der Waals surface area contributed by atoms with Crippen LogP contribution in [0, 0.1) is 0 Å². The molecular formula is C15H21NO3. The molecule has 1 fully saturated rings. The minimum absolute atomic E-state index is 0.106. The van der Waals surface area contributed by atoms with Crippen LogP contribution >= 0.6 is 0 Å². The summed E-state index contributed by atoms with van der Waals surface area (Å²) < 4.78 is 5.40. The van der Waals surface area contributed by atoms with E-state index in [9.17, 15) is 9.90 Å². The molecule has 1 saturated heterocycles. The molecular weight excluding hydrogens is 242 g/mol. The molecule has 1 N–H and O–H groups in total. The van der Waals surface area contributed by atoms with Gasteiger partial charge in [-0.15, -0.1) is 0 Å². The first-order valence-electron chi connectivity index (χ1n) is 6.59. The molecule has 1 heterocycles. The highest BCUT2D eigenvalue weighted by Crippen LogP contribution is 2.33. The molecule has 4 heteroatoms. The van der Waals surface area contributed by atoms with Gasteiger partial charge in [-0.25, -0.2) is 4.79 Å². The van der Waals surface area contributed by atoms with E-state index in [0.29, 0.717) is 13.0 Å². The van der Waals surface area contributed by atoms with Crippen molar-refractivity contribution in [1.82, 2.24) is 4.90 Å². The second kappa shape index (κ2) is 5.21. The Morgan fingerprint density at radius 3 is 2.53 bits per heavy atom. The van der Waals surface area contributed by atoms with E-state index >= 15 is 0 Å². The molecule has 2 atom stereocenters. The van der Waals surface area contributed by atoms with Gasteiger partial charge in [-0.05, 0) is 32.8 Å². The van der Waals surface area contributed by atoms with Crippen molar-refractivity contribution in [2.75, 3.05) is 6.54 Å². The van der Waals surface area contributed by atoms with E-state index in [1.54, 1.807) is 4.90 Å². The summed E-state index contributed by atoms with van der Waals surface area (Å²) in [6, 6.07) is 9.65. The van der Waals surface area contributed by atoms with Gasteiger partial charge in [0.1, 0.15) is 5.60 Å². The standard InChI is InChI=1S/C15H21NO3/c1-15(2,3)19-14(18)16-10-12(17)9-13(16)11-7-5-4-6-8-11/h4-8,12-13,17H,9-10H2,1-3H3/t12-,13+/m0/s1. The maximum Gasteiger partial charge on any atom is 0.410 e. The zero-order chi connectivity index (χ0) is 14.0. The summed E-state index contributed by atoms with van der Waals surface area (Å²) in [7, 11) is 0. The topological polar surface area (TPSA) is 49.8 Å². The van der Waals surface area contributed by atoms with Crippen LogP contribution in [0.5, 0.6) is 0 Å². The molecule has 1 aromatic rings. The van der Waals surface area contributed by atoms with Gasteiger partial charge in [0, 0.05) is 0 Å². The highest BCUT2D eigenvalue weighted by Gasteiger charge is 2.37. The van der Waals surface area contributed by atoms with Gasteiger partial charge in [0.05, 0.1) is 18.7 Å². The van der Waals surface area contributed by atoms with Gasteiger partial charge >= 0.3 is 6.09 Å². The molecule has 1 amide bonds. The summed E-state index contributed by atoms with van der Waals surface area (Å²) in [4.78, 5) is 13.8. The number of benzene rings is 1. The van der Waals surface area contributed by atoms with Gasteiger partial charge in [-0.2, -0.15) is 0 Å². The van der Waals surface area contributed by atoms with Crippen LogP contribution in [0.4, 0.5) is 4.79 Å². The summed E-state index contributed by atoms with van der Waals surface area (Å²) in [6.45, 7) is 5.85. The summed E-state index contributed by atoms with van der Waals surface area (Å²) in [5.41, 5.74) is 0.510. The zero-order valence-corrected chi connectivity index (χ0v) is 11.7. The number of carbonyl (C=O) groups is 1. The predicted octanol–water partition coefficient (Wildman–Crippen LogP) is 2.73. The Labute approximate surface area is 114 Å². The van der Waals surface area contributed by atoms with Crippen molar-refractivity contribution in [1.29, 1.82) is 0 Å². The second-order valence-corrected chi connectivity index (χ2v) is 5.95. The number of carbonyl (C=O) groups excluding carboxylic acids is 1. The molecule has 0 saturated carbocycles. The van der Waals surface area contributed by atoms with E-state index in [1.807, 2.05) is 51.1 Å². The third kappa shape index (κ3) is 3.47. The van der Waals surface area contributed by atoms with Gasteiger partial charge in [-0.3, -0.25) is 4.90 Å². The Morgan fingerprint density at radius 2 is 1.95 bits per heavy atom. The van der Waals surface area contributed by atoms with E-state index < -0.39 is 11.7 Å². The fourth-order valence-electron chi connectivity index (χ4n) is 2.33. The third-order valence-electron chi connectivity index (χ3n) is 3.09. The van der Waals surface area contributed by atoms with Crippen LogP contribution in [0.1, 0.15) is 38.8 Å². The molecule has 19 heavy (non-hydrogen) atoms. The molecule has 1 aliphatic heterocycles. The van der Waals surface area contributed by atoms with Crippen molar-refractivity contribution in [3.05, 3.63) is 35.9 Å². The summed E-state index contributed by atoms with van der Waals surface area (Å²) in [6.07, 6.45) is -0.292. The fourth-order valence-corrected chi connectivity index (χ4v) is 2.33. The van der Waals surface area contributed by atoms with E-state index in [-0.39, 0.29) is 12.1 Å². The fraction of sp³-hybridized carbons (Fsp3) is 0.533. The summed E-state index contributed by atoms with van der Waals surface area (Å²) in [5, 5.41) is 9.83. The lowest BCUT2D eigenvalue weighted by Gasteiger charge is -2.28. The Morgan fingerprint density at radius 1 is 1.32 bits per heavy atom. The van der Waals surface area contributed by atoms with E-state index in [0.717, 1.165) is 5.56 Å². The zero-order valence-electron chi connectivity index (χ0n) is 11.7. The highest BCUT2D eigenvalue weighted by molar-refractivity contribution is 5.69. The van der Waals surface area contributed by atoms with Crippen LogP contribution in [0.15, 0.2) is 30.3 Å². The molecule has 0 spiro atoms. The first-order chi connectivity index (χ1) is 8.87. The van der Waals surface area contributed by atoms with Crippen molar-refractivity contribution in [3.63, 3.8) is 0 Å². The minimum atomic E-state index is -0.522. The predicted molar refractivity (Wildman–Crippen MR) is 72.7 cm³/mol. The Bertz CT molecular complexity index is 438. The van der Waals surface area contributed by atoms with Crippen molar-refractivity contribution in [3.8, 4) is 0 Å². The number of β-amino-alcohol motifs (C(OH)–C–C–N with tert-alkyl or cyclic N) is 1. The van der Waals surface area contributed by atoms with E-state index in [1.165, 1.54) is 0 Å². The normalized spacial score (nSPS) is 23.5. The average Bonchev–Trinajstić information content (AvgIpc) is 2.70. The smallest absolute Gasteiger partial charge is 0.410 e. The monoisotopic (exact) mass is 263 g/mol. The quantitative estimate of drug-likeness (QED) is 0.847. The lowest BCUT2D eigenvalue weighted by molar-refractivity contribution is 0.0206. The van der Waals surface area contributed by atoms with Crippen molar-refractivity contribution in [2.24, 2.45) is 0 Å². The van der Waals surface area contributed by atoms with E-state index in [2.05, 4.69) is 0 Å². The molecule has 4 nitrogen and oxygen atoms in total. The number of nitrogens with zero attached hydrogens (tertiary/aromatic N) is 1. The Kier molecular flexibility index (Phi) is 3.80. The molecule has 1 aromatic carbocycles. The second-order valence-electron chi connectivity index (χ2n) is 5.95. The third-order valence-corrected chi connectivity index (χ3v) is 3.09. The number of hydrogen-bond donors (Lipinski definition) is 1. The van der Waals surface area contributed by atoms with Crippen LogP contribution in [-0.4, -0.2) is 34.3 Å². The molecule has 0 unspecified atom stereocenters. The number of amides is 1. The molecule has 0 aliphatic carbocycles. The molecule has 104 valence electrons. The number of ether oxygens (including phenoxy) is 1. The first kappa shape index (κ1) is 13.9. The van der Waals surface area contributed by atoms with Gasteiger partial charge in [0.25, 0.3) is 0 Å². The minimum Gasteiger partial charge on any atom is -0.444 e. The van der Waals surface area contributed by atoms with E-state index in [4.69, 9.17) is 4.74 Å². The van der Waals surface area contributed by atoms with Crippen molar-refractivity contribution < 1.29 is 14.6 Å². The van der Waals surface area contributed by atoms with Crippen molar-refractivity contribution in [2.45, 2.75) is 44.9 Å². The van der Waals surface area contributed by atoms with Gasteiger partial charge in [0.15, 0.2) is 0 Å². The van der Waals surface area contributed by atoms with Gasteiger partial charge < -0.3 is 9.84 Å². The molecule has 0 radical (unpaired) electrons. The SMILES string of the molecule is CC(C)(C)OC(=O)N1C[C@@H](O)C[C@@H]1c1ccccc1. The largest absolute Gasteiger partial charge is 0.444 e. The van der Waals surface area contributed by atoms with Crippen LogP contribution < -0.4 is 0 Å². The lowest BCUT2D eigenvalue weighted by Crippen LogP contribution is -2.37. The van der Waals surface area contributed by atoms with Gasteiger partial charge in [-0.1, -0.05) is 30.3 Å². The number of likely N-dealkylation sites (tertiary alicyclic amines) is 1. The van der Waals surface area contributed by atoms with Crippen molar-refractivity contribution >= 4 is 6.09 Å². The average molecular weight is 263 g/mol. The van der Waals surface area contributed by atoms with Gasteiger partial charge in [0.2, 0.25) is 0 Å². The van der Waals surface area contributed by atoms with Crippen LogP contribution in [0.3, 0.4) is 0 Å². The van der Waals surface area contributed by atoms with Crippen LogP contribution in [-0.2, 0) is 4.74 Å². The lowest BCUT2D eigenvalue weighted by atomic mass is 10.0. The summed E-state index contributed by atoms with van der Waals surface area (Å²) >= 11 is 0. The number of aliphatic hydroxyl groups is 1. The molecule has 0 aromatic heterocycles. The molecule has 1 aliphatic rings. The number of hydrogen-bond acceptors (Lipinski definition) is 3.